The highest BCUT2D eigenvalue weighted by Gasteiger charge is 2.32. The number of carbonyl (C=O) groups is 1. The minimum absolute atomic E-state index is 0.194. The van der Waals surface area contributed by atoms with Gasteiger partial charge in [-0.1, -0.05) is 23.9 Å². The molecule has 4 nitrogen and oxygen atoms in total. The summed E-state index contributed by atoms with van der Waals surface area (Å²) in [4.78, 5) is 18.9. The molecule has 1 heterocycles. The van der Waals surface area contributed by atoms with Crippen LogP contribution in [0.25, 0.3) is 11.0 Å². The summed E-state index contributed by atoms with van der Waals surface area (Å²) in [6.07, 6.45) is 2.52. The van der Waals surface area contributed by atoms with E-state index in [1.165, 1.54) is 12.8 Å². The van der Waals surface area contributed by atoms with Crippen LogP contribution in [0.5, 0.6) is 0 Å². The van der Waals surface area contributed by atoms with E-state index in [2.05, 4.69) is 29.5 Å². The zero-order chi connectivity index (χ0) is 15.7. The predicted octanol–water partition coefficient (Wildman–Crippen LogP) is 3.41. The third-order valence-electron chi connectivity index (χ3n) is 4.57. The lowest BCUT2D eigenvalue weighted by Crippen LogP contribution is -2.37. The van der Waals surface area contributed by atoms with E-state index < -0.39 is 0 Å². The molecule has 1 aromatic heterocycles. The van der Waals surface area contributed by atoms with Crippen LogP contribution >= 0.6 is 11.8 Å². The number of benzene rings is 1. The first kappa shape index (κ1) is 15.4. The summed E-state index contributed by atoms with van der Waals surface area (Å²) in [5.74, 6) is 1.36. The Morgan fingerprint density at radius 3 is 2.86 bits per heavy atom. The van der Waals surface area contributed by atoms with Crippen molar-refractivity contribution in [2.45, 2.75) is 44.4 Å². The molecule has 118 valence electrons. The largest absolute Gasteiger partial charge is 0.342 e. The Hall–Kier alpha value is -1.49. The highest BCUT2D eigenvalue weighted by Crippen LogP contribution is 2.35. The second-order valence-corrected chi connectivity index (χ2v) is 6.94. The second kappa shape index (κ2) is 6.32. The fourth-order valence-corrected chi connectivity index (χ4v) is 3.82. The first-order valence-corrected chi connectivity index (χ1v) is 8.94. The molecule has 1 fully saturated rings. The van der Waals surface area contributed by atoms with Gasteiger partial charge in [-0.25, -0.2) is 4.98 Å². The maximum Gasteiger partial charge on any atom is 0.233 e. The van der Waals surface area contributed by atoms with Gasteiger partial charge in [0.2, 0.25) is 5.91 Å². The Kier molecular flexibility index (Phi) is 4.43. The number of aryl methyl sites for hydroxylation is 1. The molecule has 1 amide bonds. The zero-order valence-corrected chi connectivity index (χ0v) is 14.3. The molecule has 22 heavy (non-hydrogen) atoms. The van der Waals surface area contributed by atoms with E-state index in [9.17, 15) is 4.79 Å². The number of rotatable bonds is 6. The zero-order valence-electron chi connectivity index (χ0n) is 13.5. The summed E-state index contributed by atoms with van der Waals surface area (Å²) < 4.78 is 2.18. The maximum absolute atomic E-state index is 12.4. The normalized spacial score (nSPS) is 16.0. The van der Waals surface area contributed by atoms with E-state index >= 15 is 0 Å². The van der Waals surface area contributed by atoms with Crippen LogP contribution in [0.3, 0.4) is 0 Å². The highest BCUT2D eigenvalue weighted by atomic mass is 32.2. The van der Waals surface area contributed by atoms with Crippen LogP contribution in [0.4, 0.5) is 0 Å². The van der Waals surface area contributed by atoms with Gasteiger partial charge in [0, 0.05) is 19.6 Å². The Morgan fingerprint density at radius 1 is 1.45 bits per heavy atom. The van der Waals surface area contributed by atoms with Crippen LogP contribution in [-0.4, -0.2) is 39.2 Å². The van der Waals surface area contributed by atoms with Crippen molar-refractivity contribution in [1.29, 1.82) is 0 Å². The van der Waals surface area contributed by atoms with Crippen LogP contribution in [0.2, 0.25) is 0 Å². The average Bonchev–Trinajstić information content (AvgIpc) is 3.32. The smallest absolute Gasteiger partial charge is 0.233 e. The summed E-state index contributed by atoms with van der Waals surface area (Å²) >= 11 is 1.54. The topological polar surface area (TPSA) is 38.1 Å². The van der Waals surface area contributed by atoms with Gasteiger partial charge in [0.25, 0.3) is 0 Å². The van der Waals surface area contributed by atoms with E-state index in [4.69, 9.17) is 0 Å². The molecule has 1 saturated carbocycles. The van der Waals surface area contributed by atoms with Crippen molar-refractivity contribution in [2.24, 2.45) is 5.92 Å². The molecule has 1 unspecified atom stereocenters. The van der Waals surface area contributed by atoms with Gasteiger partial charge in [0.1, 0.15) is 0 Å². The number of hydrogen-bond acceptors (Lipinski definition) is 3. The molecule has 5 heteroatoms. The van der Waals surface area contributed by atoms with Gasteiger partial charge in [-0.15, -0.1) is 0 Å². The first-order chi connectivity index (χ1) is 10.6. The summed E-state index contributed by atoms with van der Waals surface area (Å²) in [6, 6.07) is 8.49. The lowest BCUT2D eigenvalue weighted by Gasteiger charge is -2.24. The molecule has 3 rings (SSSR count). The van der Waals surface area contributed by atoms with Gasteiger partial charge in [-0.3, -0.25) is 4.79 Å². The number of fused-ring (bicyclic) bond motifs is 1. The van der Waals surface area contributed by atoms with E-state index in [-0.39, 0.29) is 5.91 Å². The fourth-order valence-electron chi connectivity index (χ4n) is 2.82. The second-order valence-electron chi connectivity index (χ2n) is 6.00. The van der Waals surface area contributed by atoms with Crippen molar-refractivity contribution in [3.05, 3.63) is 24.3 Å². The average molecular weight is 317 g/mol. The minimum Gasteiger partial charge on any atom is -0.342 e. The molecule has 0 radical (unpaired) electrons. The van der Waals surface area contributed by atoms with Crippen molar-refractivity contribution in [1.82, 2.24) is 14.5 Å². The van der Waals surface area contributed by atoms with Crippen LogP contribution in [0, 0.1) is 5.92 Å². The molecular weight excluding hydrogens is 294 g/mol. The number of hydrogen-bond donors (Lipinski definition) is 0. The Morgan fingerprint density at radius 2 is 2.18 bits per heavy atom. The molecule has 0 bridgehead atoms. The molecule has 0 spiro atoms. The molecule has 1 aliphatic rings. The lowest BCUT2D eigenvalue weighted by atomic mass is 10.2. The first-order valence-electron chi connectivity index (χ1n) is 7.95. The van der Waals surface area contributed by atoms with Gasteiger partial charge in [0.15, 0.2) is 5.16 Å². The molecule has 0 aliphatic heterocycles. The van der Waals surface area contributed by atoms with Crippen molar-refractivity contribution in [2.75, 3.05) is 12.8 Å². The number of nitrogens with zero attached hydrogens (tertiary/aromatic N) is 3. The Balaban J connectivity index is 1.69. The predicted molar refractivity (Wildman–Crippen MR) is 91.1 cm³/mol. The standard InChI is InChI=1S/C17H23N3OS/c1-4-20-15-8-6-5-7-14(15)18-17(20)22-11-16(21)19(3)12(2)13-9-10-13/h5-8,12-13H,4,9-11H2,1-3H3. The van der Waals surface area contributed by atoms with Crippen molar-refractivity contribution in [3.63, 3.8) is 0 Å². The summed E-state index contributed by atoms with van der Waals surface area (Å²) in [5.41, 5.74) is 2.14. The van der Waals surface area contributed by atoms with Crippen molar-refractivity contribution in [3.8, 4) is 0 Å². The Labute approximate surface area is 135 Å². The molecule has 1 aromatic carbocycles. The quantitative estimate of drug-likeness (QED) is 0.766. The van der Waals surface area contributed by atoms with Crippen LogP contribution in [0.1, 0.15) is 26.7 Å². The van der Waals surface area contributed by atoms with E-state index in [1.54, 1.807) is 11.8 Å². The molecule has 1 aliphatic carbocycles. The maximum atomic E-state index is 12.4. The number of para-hydroxylation sites is 2. The molecule has 0 saturated heterocycles. The van der Waals surface area contributed by atoms with Crippen molar-refractivity contribution < 1.29 is 4.79 Å². The molecule has 2 aromatic rings. The number of carbonyl (C=O) groups excluding carboxylic acids is 1. The van der Waals surface area contributed by atoms with Crippen LogP contribution < -0.4 is 0 Å². The number of amides is 1. The SMILES string of the molecule is CCn1c(SCC(=O)N(C)C(C)C2CC2)nc2ccccc21. The molecule has 1 atom stereocenters. The van der Waals surface area contributed by atoms with Gasteiger partial charge in [-0.2, -0.15) is 0 Å². The summed E-state index contributed by atoms with van der Waals surface area (Å²) in [5, 5.41) is 0.935. The number of thioether (sulfide) groups is 1. The lowest BCUT2D eigenvalue weighted by molar-refractivity contribution is -0.129. The van der Waals surface area contributed by atoms with E-state index in [0.717, 1.165) is 22.7 Å². The summed E-state index contributed by atoms with van der Waals surface area (Å²) in [6.45, 7) is 5.13. The molecular formula is C17H23N3OS. The van der Waals surface area contributed by atoms with Crippen molar-refractivity contribution >= 4 is 28.7 Å². The van der Waals surface area contributed by atoms with E-state index in [1.807, 2.05) is 30.1 Å². The highest BCUT2D eigenvalue weighted by molar-refractivity contribution is 7.99. The third-order valence-corrected chi connectivity index (χ3v) is 5.53. The van der Waals surface area contributed by atoms with Gasteiger partial charge < -0.3 is 9.47 Å². The van der Waals surface area contributed by atoms with Crippen LogP contribution in [-0.2, 0) is 11.3 Å². The monoisotopic (exact) mass is 317 g/mol. The van der Waals surface area contributed by atoms with Crippen LogP contribution in [0.15, 0.2) is 29.4 Å². The van der Waals surface area contributed by atoms with E-state index in [0.29, 0.717) is 17.7 Å². The Bertz CT molecular complexity index is 678. The minimum atomic E-state index is 0.194. The van der Waals surface area contributed by atoms with Gasteiger partial charge in [0.05, 0.1) is 16.8 Å². The number of imidazole rings is 1. The number of aromatic nitrogens is 2. The third kappa shape index (κ3) is 3.00. The van der Waals surface area contributed by atoms with Gasteiger partial charge >= 0.3 is 0 Å². The fraction of sp³-hybridized carbons (Fsp3) is 0.529. The van der Waals surface area contributed by atoms with Gasteiger partial charge in [-0.05, 0) is 44.7 Å². The molecule has 0 N–H and O–H groups in total. The summed E-state index contributed by atoms with van der Waals surface area (Å²) in [7, 11) is 1.93.